The third kappa shape index (κ3) is 2.25. The van der Waals surface area contributed by atoms with Gasteiger partial charge >= 0.3 is 7.82 Å². The Morgan fingerprint density at radius 2 is 2.00 bits per heavy atom. The van der Waals surface area contributed by atoms with E-state index in [4.69, 9.17) is 15.5 Å². The first-order valence-electron chi connectivity index (χ1n) is 3.51. The van der Waals surface area contributed by atoms with Crippen molar-refractivity contribution in [2.24, 2.45) is 5.41 Å². The van der Waals surface area contributed by atoms with Gasteiger partial charge in [-0.15, -0.1) is 0 Å². The van der Waals surface area contributed by atoms with Crippen molar-refractivity contribution >= 4 is 7.82 Å². The molecule has 1 fully saturated rings. The lowest BCUT2D eigenvalue weighted by Gasteiger charge is -2.31. The molecule has 0 aromatic carbocycles. The Balaban J connectivity index is 2.57. The first-order valence-corrected chi connectivity index (χ1v) is 4.97. The zero-order chi connectivity index (χ0) is 9.24. The Hall–Kier alpha value is -0.490. The van der Waals surface area contributed by atoms with Crippen LogP contribution in [-0.2, 0) is 18.1 Å². The smallest absolute Gasteiger partial charge is 0.350 e. The van der Waals surface area contributed by atoms with Crippen LogP contribution in [0.5, 0.6) is 0 Å². The van der Waals surface area contributed by atoms with Gasteiger partial charge in [0.15, 0.2) is 0 Å². The number of phosphoric ester groups is 1. The molecule has 0 aromatic heterocycles. The molecule has 0 saturated carbocycles. The van der Waals surface area contributed by atoms with Crippen molar-refractivity contribution in [3.63, 3.8) is 0 Å². The van der Waals surface area contributed by atoms with Crippen molar-refractivity contribution in [1.82, 2.24) is 0 Å². The van der Waals surface area contributed by atoms with Gasteiger partial charge in [0.25, 0.3) is 0 Å². The normalized spacial score (nSPS) is 25.8. The summed E-state index contributed by atoms with van der Waals surface area (Å²) >= 11 is 0. The summed E-state index contributed by atoms with van der Waals surface area (Å²) < 4.78 is 25.5. The zero-order valence-corrected chi connectivity index (χ0v) is 7.97. The fourth-order valence-corrected chi connectivity index (χ4v) is 2.03. The standard InChI is InChI=1S/C7H11O4P/c1-4-9-12(8)10-5-7(2,3)6-11-12/h1H,5-6H2,2-3H3. The minimum atomic E-state index is -3.43. The van der Waals surface area contributed by atoms with Gasteiger partial charge < -0.3 is 4.52 Å². The van der Waals surface area contributed by atoms with Crippen LogP contribution in [0.1, 0.15) is 13.8 Å². The van der Waals surface area contributed by atoms with E-state index in [2.05, 4.69) is 4.52 Å². The van der Waals surface area contributed by atoms with Gasteiger partial charge in [-0.1, -0.05) is 20.3 Å². The van der Waals surface area contributed by atoms with Gasteiger partial charge in [-0.3, -0.25) is 9.05 Å². The molecule has 0 radical (unpaired) electrons. The van der Waals surface area contributed by atoms with E-state index < -0.39 is 7.82 Å². The van der Waals surface area contributed by atoms with Crippen LogP contribution in [0.15, 0.2) is 0 Å². The molecule has 0 spiro atoms. The number of rotatable bonds is 1. The van der Waals surface area contributed by atoms with Gasteiger partial charge in [0.1, 0.15) is 6.11 Å². The molecule has 1 aliphatic rings. The summed E-state index contributed by atoms with van der Waals surface area (Å²) in [6.45, 7) is 4.52. The van der Waals surface area contributed by atoms with Crippen LogP contribution in [0.3, 0.4) is 0 Å². The van der Waals surface area contributed by atoms with Crippen molar-refractivity contribution in [3.05, 3.63) is 0 Å². The molecule has 1 rings (SSSR count). The van der Waals surface area contributed by atoms with Gasteiger partial charge in [-0.05, 0) is 0 Å². The summed E-state index contributed by atoms with van der Waals surface area (Å²) in [6.07, 6.45) is 6.60. The lowest BCUT2D eigenvalue weighted by Crippen LogP contribution is -2.29. The van der Waals surface area contributed by atoms with E-state index in [1.54, 1.807) is 6.11 Å². The highest BCUT2D eigenvalue weighted by Crippen LogP contribution is 2.54. The molecular weight excluding hydrogens is 179 g/mol. The average molecular weight is 190 g/mol. The second-order valence-electron chi connectivity index (χ2n) is 3.37. The molecule has 0 aliphatic carbocycles. The van der Waals surface area contributed by atoms with Crippen LogP contribution < -0.4 is 0 Å². The van der Waals surface area contributed by atoms with Crippen LogP contribution in [0, 0.1) is 17.9 Å². The van der Waals surface area contributed by atoms with Crippen molar-refractivity contribution < 1.29 is 18.1 Å². The lowest BCUT2D eigenvalue weighted by atomic mass is 9.97. The maximum atomic E-state index is 11.3. The third-order valence-electron chi connectivity index (χ3n) is 1.39. The van der Waals surface area contributed by atoms with Crippen molar-refractivity contribution in [1.29, 1.82) is 0 Å². The lowest BCUT2D eigenvalue weighted by molar-refractivity contribution is 0.0146. The molecule has 0 N–H and O–H groups in total. The van der Waals surface area contributed by atoms with Crippen LogP contribution in [0.25, 0.3) is 0 Å². The third-order valence-corrected chi connectivity index (χ3v) is 2.61. The first kappa shape index (κ1) is 9.60. The van der Waals surface area contributed by atoms with Gasteiger partial charge in [-0.2, -0.15) is 0 Å². The zero-order valence-electron chi connectivity index (χ0n) is 7.07. The van der Waals surface area contributed by atoms with Gasteiger partial charge in [0, 0.05) is 5.41 Å². The van der Waals surface area contributed by atoms with Crippen LogP contribution in [0.4, 0.5) is 0 Å². The first-order chi connectivity index (χ1) is 5.47. The molecule has 0 unspecified atom stereocenters. The predicted molar refractivity (Wildman–Crippen MR) is 43.2 cm³/mol. The molecule has 0 atom stereocenters. The maximum Gasteiger partial charge on any atom is 0.538 e. The summed E-state index contributed by atoms with van der Waals surface area (Å²) in [5, 5.41) is 0. The molecule has 5 heteroatoms. The van der Waals surface area contributed by atoms with E-state index in [1.807, 2.05) is 13.8 Å². The Labute approximate surface area is 71.8 Å². The largest absolute Gasteiger partial charge is 0.538 e. The number of hydrogen-bond donors (Lipinski definition) is 0. The molecule has 1 aliphatic heterocycles. The van der Waals surface area contributed by atoms with E-state index in [1.165, 1.54) is 0 Å². The summed E-state index contributed by atoms with van der Waals surface area (Å²) in [4.78, 5) is 0. The van der Waals surface area contributed by atoms with E-state index in [0.29, 0.717) is 13.2 Å². The summed E-state index contributed by atoms with van der Waals surface area (Å²) in [5.74, 6) is 0. The Morgan fingerprint density at radius 1 is 1.50 bits per heavy atom. The van der Waals surface area contributed by atoms with Crippen LogP contribution >= 0.6 is 7.82 Å². The fourth-order valence-electron chi connectivity index (χ4n) is 0.704. The van der Waals surface area contributed by atoms with Crippen molar-refractivity contribution in [2.45, 2.75) is 13.8 Å². The predicted octanol–water partition coefficient (Wildman–Crippen LogP) is 1.77. The Morgan fingerprint density at radius 3 is 2.42 bits per heavy atom. The topological polar surface area (TPSA) is 44.8 Å². The molecule has 68 valence electrons. The van der Waals surface area contributed by atoms with Gasteiger partial charge in [0.2, 0.25) is 0 Å². The highest BCUT2D eigenvalue weighted by atomic mass is 31.2. The van der Waals surface area contributed by atoms with E-state index in [9.17, 15) is 4.57 Å². The average Bonchev–Trinajstić information content (AvgIpc) is 1.98. The van der Waals surface area contributed by atoms with E-state index in [-0.39, 0.29) is 5.41 Å². The number of phosphoric acid groups is 1. The van der Waals surface area contributed by atoms with Gasteiger partial charge in [-0.25, -0.2) is 4.57 Å². The highest BCUT2D eigenvalue weighted by Gasteiger charge is 2.38. The molecule has 12 heavy (non-hydrogen) atoms. The van der Waals surface area contributed by atoms with E-state index >= 15 is 0 Å². The second-order valence-corrected chi connectivity index (χ2v) is 4.96. The van der Waals surface area contributed by atoms with E-state index in [0.717, 1.165) is 0 Å². The molecule has 1 saturated heterocycles. The maximum absolute atomic E-state index is 11.3. The van der Waals surface area contributed by atoms with Crippen LogP contribution in [0.2, 0.25) is 0 Å². The van der Waals surface area contributed by atoms with Crippen molar-refractivity contribution in [2.75, 3.05) is 13.2 Å². The Bertz CT molecular complexity index is 239. The fraction of sp³-hybridized carbons (Fsp3) is 0.714. The molecule has 4 nitrogen and oxygen atoms in total. The van der Waals surface area contributed by atoms with Crippen molar-refractivity contribution in [3.8, 4) is 12.5 Å². The quantitative estimate of drug-likeness (QED) is 0.467. The molecule has 1 heterocycles. The summed E-state index contributed by atoms with van der Waals surface area (Å²) in [6, 6.07) is 0. The summed E-state index contributed by atoms with van der Waals surface area (Å²) in [7, 11) is -3.43. The Kier molecular flexibility index (Phi) is 2.48. The van der Waals surface area contributed by atoms with Crippen LogP contribution in [-0.4, -0.2) is 13.2 Å². The SMILES string of the molecule is C#COP1(=O)OCC(C)(C)CO1. The molecule has 0 aromatic rings. The molecular formula is C7H11O4P. The second kappa shape index (κ2) is 3.10. The number of hydrogen-bond acceptors (Lipinski definition) is 4. The van der Waals surface area contributed by atoms with Gasteiger partial charge in [0.05, 0.1) is 13.2 Å². The molecule has 0 bridgehead atoms. The number of terminal acetylenes is 1. The monoisotopic (exact) mass is 190 g/mol. The minimum absolute atomic E-state index is 0.133. The molecule has 0 amide bonds. The summed E-state index contributed by atoms with van der Waals surface area (Å²) in [5.41, 5.74) is -0.133. The highest BCUT2D eigenvalue weighted by molar-refractivity contribution is 7.48. The minimum Gasteiger partial charge on any atom is -0.350 e.